The fourth-order valence-corrected chi connectivity index (χ4v) is 1.21. The Labute approximate surface area is 74.5 Å². The molecular formula is C9H8N2O2. The first-order valence-electron chi connectivity index (χ1n) is 3.91. The number of oxime groups is 1. The molecule has 0 radical (unpaired) electrons. The van der Waals surface area contributed by atoms with Gasteiger partial charge in [-0.2, -0.15) is 0 Å². The summed E-state index contributed by atoms with van der Waals surface area (Å²) in [6.07, 6.45) is 1.82. The zero-order chi connectivity index (χ0) is 9.10. The maximum absolute atomic E-state index is 8.24. The van der Waals surface area contributed by atoms with Crippen LogP contribution >= 0.6 is 0 Å². The highest BCUT2D eigenvalue weighted by Gasteiger charge is 2.04. The average molecular weight is 176 g/mol. The highest BCUT2D eigenvalue weighted by Crippen LogP contribution is 2.17. The first kappa shape index (κ1) is 7.79. The number of fused-ring (bicyclic) bond motifs is 1. The fraction of sp³-hybridized carbons (Fsp3) is 0.111. The monoisotopic (exact) mass is 176 g/mol. The van der Waals surface area contributed by atoms with Crippen LogP contribution < -0.4 is 0 Å². The molecule has 0 atom stereocenters. The second kappa shape index (κ2) is 3.26. The fourth-order valence-electron chi connectivity index (χ4n) is 1.21. The van der Waals surface area contributed by atoms with Crippen molar-refractivity contribution < 1.29 is 9.73 Å². The Hall–Kier alpha value is -1.84. The van der Waals surface area contributed by atoms with Crippen molar-refractivity contribution in [2.75, 3.05) is 0 Å². The molecule has 0 unspecified atom stereocenters. The molecule has 4 heteroatoms. The van der Waals surface area contributed by atoms with Gasteiger partial charge in [0.1, 0.15) is 11.3 Å². The summed E-state index contributed by atoms with van der Waals surface area (Å²) in [5.74, 6) is 0.716. The zero-order valence-corrected chi connectivity index (χ0v) is 6.84. The van der Waals surface area contributed by atoms with Crippen molar-refractivity contribution in [3.63, 3.8) is 0 Å². The third-order valence-corrected chi connectivity index (χ3v) is 1.82. The summed E-state index contributed by atoms with van der Waals surface area (Å²) in [6.45, 7) is 0. The van der Waals surface area contributed by atoms with E-state index in [9.17, 15) is 0 Å². The summed E-state index contributed by atoms with van der Waals surface area (Å²) in [5.41, 5.74) is 0.823. The van der Waals surface area contributed by atoms with Crippen molar-refractivity contribution in [3.8, 4) is 0 Å². The van der Waals surface area contributed by atoms with E-state index >= 15 is 0 Å². The lowest BCUT2D eigenvalue weighted by atomic mass is 10.2. The number of hydrogen-bond donors (Lipinski definition) is 1. The standard InChI is InChI=1S/C9H8N2O2/c12-10-6-5-9-7-3-1-2-4-8(7)11-13-9/h1-4,6,12H,5H2. The lowest BCUT2D eigenvalue weighted by Gasteiger charge is -1.87. The molecule has 0 amide bonds. The van der Waals surface area contributed by atoms with E-state index in [0.29, 0.717) is 12.2 Å². The summed E-state index contributed by atoms with van der Waals surface area (Å²) in [4.78, 5) is 0. The summed E-state index contributed by atoms with van der Waals surface area (Å²) in [5, 5.41) is 16.0. The number of aromatic nitrogens is 1. The largest absolute Gasteiger partial charge is 0.411 e. The molecule has 0 saturated heterocycles. The van der Waals surface area contributed by atoms with Crippen LogP contribution in [0.5, 0.6) is 0 Å². The summed E-state index contributed by atoms with van der Waals surface area (Å²) in [6, 6.07) is 7.61. The van der Waals surface area contributed by atoms with Crippen molar-refractivity contribution in [1.29, 1.82) is 0 Å². The topological polar surface area (TPSA) is 58.6 Å². The molecule has 4 nitrogen and oxygen atoms in total. The number of benzene rings is 1. The molecule has 0 saturated carbocycles. The van der Waals surface area contributed by atoms with Gasteiger partial charge in [0.05, 0.1) is 6.21 Å². The van der Waals surface area contributed by atoms with E-state index in [1.807, 2.05) is 24.3 Å². The molecule has 66 valence electrons. The third kappa shape index (κ3) is 1.38. The molecule has 1 aromatic carbocycles. The van der Waals surface area contributed by atoms with Gasteiger partial charge in [0.25, 0.3) is 0 Å². The van der Waals surface area contributed by atoms with Gasteiger partial charge in [-0.15, -0.1) is 5.16 Å². The third-order valence-electron chi connectivity index (χ3n) is 1.82. The van der Waals surface area contributed by atoms with Crippen molar-refractivity contribution in [1.82, 2.24) is 5.16 Å². The lowest BCUT2D eigenvalue weighted by molar-refractivity contribution is 0.319. The minimum absolute atomic E-state index is 0.455. The minimum atomic E-state index is 0.455. The Morgan fingerprint density at radius 3 is 3.15 bits per heavy atom. The number of hydrogen-bond acceptors (Lipinski definition) is 4. The summed E-state index contributed by atoms with van der Waals surface area (Å²) < 4.78 is 5.06. The zero-order valence-electron chi connectivity index (χ0n) is 6.84. The maximum atomic E-state index is 8.24. The van der Waals surface area contributed by atoms with Gasteiger partial charge in [-0.25, -0.2) is 0 Å². The van der Waals surface area contributed by atoms with Crippen LogP contribution in [-0.2, 0) is 6.42 Å². The Balaban J connectivity index is 2.45. The average Bonchev–Trinajstić information content (AvgIpc) is 2.58. The smallest absolute Gasteiger partial charge is 0.150 e. The molecule has 0 fully saturated rings. The van der Waals surface area contributed by atoms with Crippen LogP contribution in [0.15, 0.2) is 33.9 Å². The highest BCUT2D eigenvalue weighted by molar-refractivity contribution is 5.82. The van der Waals surface area contributed by atoms with Gasteiger partial charge in [-0.1, -0.05) is 17.3 Å². The van der Waals surface area contributed by atoms with E-state index in [4.69, 9.17) is 9.73 Å². The predicted octanol–water partition coefficient (Wildman–Crippen LogP) is 1.83. The van der Waals surface area contributed by atoms with Gasteiger partial charge in [0.2, 0.25) is 0 Å². The quantitative estimate of drug-likeness (QED) is 0.431. The van der Waals surface area contributed by atoms with E-state index in [1.165, 1.54) is 6.21 Å². The molecule has 0 aliphatic carbocycles. The molecule has 0 aliphatic heterocycles. The Bertz CT molecular complexity index is 434. The maximum Gasteiger partial charge on any atom is 0.150 e. The van der Waals surface area contributed by atoms with E-state index in [2.05, 4.69) is 10.3 Å². The van der Waals surface area contributed by atoms with E-state index < -0.39 is 0 Å². The van der Waals surface area contributed by atoms with Crippen LogP contribution in [0, 0.1) is 0 Å². The molecule has 1 N–H and O–H groups in total. The van der Waals surface area contributed by atoms with Crippen molar-refractivity contribution in [3.05, 3.63) is 30.0 Å². The number of rotatable bonds is 2. The first-order chi connectivity index (χ1) is 6.42. The van der Waals surface area contributed by atoms with Gasteiger partial charge in [-0.3, -0.25) is 0 Å². The summed E-state index contributed by atoms with van der Waals surface area (Å²) in [7, 11) is 0. The Morgan fingerprint density at radius 1 is 1.46 bits per heavy atom. The van der Waals surface area contributed by atoms with Crippen LogP contribution in [0.25, 0.3) is 10.9 Å². The van der Waals surface area contributed by atoms with Gasteiger partial charge in [-0.05, 0) is 12.1 Å². The van der Waals surface area contributed by atoms with Crippen molar-refractivity contribution >= 4 is 17.1 Å². The summed E-state index contributed by atoms with van der Waals surface area (Å²) >= 11 is 0. The van der Waals surface area contributed by atoms with E-state index in [-0.39, 0.29) is 0 Å². The number of nitrogens with zero attached hydrogens (tertiary/aromatic N) is 2. The van der Waals surface area contributed by atoms with Gasteiger partial charge in [0.15, 0.2) is 0 Å². The Morgan fingerprint density at radius 2 is 2.31 bits per heavy atom. The molecule has 2 rings (SSSR count). The van der Waals surface area contributed by atoms with Crippen LogP contribution in [0.2, 0.25) is 0 Å². The molecule has 13 heavy (non-hydrogen) atoms. The Kier molecular flexibility index (Phi) is 1.96. The minimum Gasteiger partial charge on any atom is -0.411 e. The molecule has 1 aromatic heterocycles. The van der Waals surface area contributed by atoms with Gasteiger partial charge >= 0.3 is 0 Å². The predicted molar refractivity (Wildman–Crippen MR) is 48.0 cm³/mol. The molecule has 0 spiro atoms. The van der Waals surface area contributed by atoms with E-state index in [1.54, 1.807) is 0 Å². The lowest BCUT2D eigenvalue weighted by Crippen LogP contribution is -1.82. The van der Waals surface area contributed by atoms with Crippen LogP contribution in [0.1, 0.15) is 5.76 Å². The van der Waals surface area contributed by atoms with Crippen LogP contribution in [-0.4, -0.2) is 16.6 Å². The van der Waals surface area contributed by atoms with Gasteiger partial charge in [0, 0.05) is 11.8 Å². The van der Waals surface area contributed by atoms with Crippen molar-refractivity contribution in [2.45, 2.75) is 6.42 Å². The molecule has 0 aliphatic rings. The molecule has 0 bridgehead atoms. The SMILES string of the molecule is ON=CCc1onc2ccccc12. The molecular weight excluding hydrogens is 168 g/mol. The van der Waals surface area contributed by atoms with Crippen LogP contribution in [0.4, 0.5) is 0 Å². The highest BCUT2D eigenvalue weighted by atomic mass is 16.5. The second-order valence-electron chi connectivity index (χ2n) is 2.63. The normalized spacial score (nSPS) is 11.4. The van der Waals surface area contributed by atoms with E-state index in [0.717, 1.165) is 10.9 Å². The van der Waals surface area contributed by atoms with Crippen LogP contribution in [0.3, 0.4) is 0 Å². The first-order valence-corrected chi connectivity index (χ1v) is 3.91. The molecule has 2 aromatic rings. The van der Waals surface area contributed by atoms with Crippen molar-refractivity contribution in [2.24, 2.45) is 5.16 Å². The van der Waals surface area contributed by atoms with Gasteiger partial charge < -0.3 is 9.73 Å². The molecule has 1 heterocycles. The second-order valence-corrected chi connectivity index (χ2v) is 2.63.